The Morgan fingerprint density at radius 1 is 0.519 bits per heavy atom. The average molecular weight is 827 g/mol. The van der Waals surface area contributed by atoms with E-state index in [-0.39, 0.29) is 21.2 Å². The van der Waals surface area contributed by atoms with E-state index < -0.39 is 0 Å². The highest BCUT2D eigenvalue weighted by atomic mass is 79.9. The number of nitro benzene ring substituents is 2. The lowest BCUT2D eigenvalue weighted by Crippen LogP contribution is -2.00. The summed E-state index contributed by atoms with van der Waals surface area (Å²) in [7, 11) is 0. The number of nitro groups is 2. The Morgan fingerprint density at radius 3 is 1.25 bits per heavy atom. The lowest BCUT2D eigenvalue weighted by atomic mass is 10.1. The molecule has 2 aromatic heterocycles. The van der Waals surface area contributed by atoms with E-state index in [1.54, 1.807) is 12.1 Å². The molecule has 8 nitrogen and oxygen atoms in total. The molecule has 0 aliphatic carbocycles. The molecular weight excluding hydrogens is 784 g/mol. The second-order valence-corrected chi connectivity index (χ2v) is 15.1. The molecule has 52 heavy (non-hydrogen) atoms. The minimum Gasteiger partial charge on any atom is -0.307 e. The van der Waals surface area contributed by atoms with E-state index in [1.807, 2.05) is 33.4 Å². The molecule has 0 amide bonds. The summed E-state index contributed by atoms with van der Waals surface area (Å²) in [6.45, 7) is 4.41. The Bertz CT molecular complexity index is 2050. The van der Waals surface area contributed by atoms with Gasteiger partial charge >= 0.3 is 0 Å². The second-order valence-electron chi connectivity index (χ2n) is 13.3. The fraction of sp³-hybridized carbons (Fsp3) is 0.286. The van der Waals surface area contributed by atoms with Gasteiger partial charge in [0.05, 0.1) is 43.4 Å². The van der Waals surface area contributed by atoms with Crippen molar-refractivity contribution in [2.24, 2.45) is 0 Å². The van der Waals surface area contributed by atoms with Crippen LogP contribution in [0.1, 0.15) is 76.3 Å². The monoisotopic (exact) mass is 824 g/mol. The molecule has 0 radical (unpaired) electrons. The first-order chi connectivity index (χ1) is 25.2. The highest BCUT2D eigenvalue weighted by Crippen LogP contribution is 2.43. The molecule has 0 fully saturated rings. The minimum absolute atomic E-state index is 0.0222. The van der Waals surface area contributed by atoms with Crippen LogP contribution in [0.15, 0.2) is 106 Å². The first-order valence-corrected chi connectivity index (χ1v) is 19.6. The largest absolute Gasteiger partial charge is 0.307 e. The molecule has 2 heterocycles. The van der Waals surface area contributed by atoms with Crippen LogP contribution >= 0.6 is 31.9 Å². The summed E-state index contributed by atoms with van der Waals surface area (Å²) < 4.78 is 5.31. The van der Waals surface area contributed by atoms with Gasteiger partial charge in [0.1, 0.15) is 0 Å². The molecule has 10 heteroatoms. The molecule has 0 saturated carbocycles. The summed E-state index contributed by atoms with van der Waals surface area (Å²) in [4.78, 5) is 24.2. The third-order valence-corrected chi connectivity index (χ3v) is 10.7. The van der Waals surface area contributed by atoms with Gasteiger partial charge < -0.3 is 9.13 Å². The highest BCUT2D eigenvalue weighted by molar-refractivity contribution is 9.10. The predicted molar refractivity (Wildman–Crippen MR) is 218 cm³/mol. The lowest BCUT2D eigenvalue weighted by molar-refractivity contribution is -0.384. The van der Waals surface area contributed by atoms with Crippen LogP contribution in [0.25, 0.3) is 44.9 Å². The molecule has 6 aromatic rings. The molecule has 268 valence electrons. The first kappa shape index (κ1) is 37.2. The molecule has 0 bridgehead atoms. The van der Waals surface area contributed by atoms with E-state index in [9.17, 15) is 20.2 Å². The minimum atomic E-state index is -0.356. The van der Waals surface area contributed by atoms with Gasteiger partial charge in [-0.05, 0) is 97.5 Å². The van der Waals surface area contributed by atoms with E-state index in [4.69, 9.17) is 0 Å². The molecule has 0 aliphatic rings. The van der Waals surface area contributed by atoms with E-state index in [1.165, 1.54) is 61.8 Å². The standard InChI is InChI=1S/C42H42Br2N4O4/c1-3-5-7-9-11-29-13-19-33(20-14-29)45-37(35-23-17-31(43)25-39(35)47(49)50)27-42-41(45)28-38(36-24-18-32(44)26-40(36)48(51)52)46(42)34-21-15-30(16-22-34)12-10-8-6-4-2/h13-28H,3-12H2,1-2H3. The SMILES string of the molecule is CCCCCCc1ccc(-n2c(-c3ccc(Br)cc3[N+](=O)[O-])cc3c2cc(-c2ccc(Br)cc2[N+](=O)[O-])n3-c2ccc(CCCCCC)cc2)cc1. The zero-order valence-corrected chi connectivity index (χ0v) is 32.7. The quantitative estimate of drug-likeness (QED) is 0.0551. The number of hydrogen-bond acceptors (Lipinski definition) is 4. The van der Waals surface area contributed by atoms with Gasteiger partial charge in [0, 0.05) is 32.5 Å². The molecular formula is C42H42Br2N4O4. The number of hydrogen-bond donors (Lipinski definition) is 0. The van der Waals surface area contributed by atoms with Crippen molar-refractivity contribution in [2.75, 3.05) is 0 Å². The third kappa shape index (κ3) is 8.08. The molecule has 6 rings (SSSR count). The van der Waals surface area contributed by atoms with Crippen LogP contribution in [0, 0.1) is 20.2 Å². The average Bonchev–Trinajstić information content (AvgIpc) is 3.69. The summed E-state index contributed by atoms with van der Waals surface area (Å²) in [5.41, 5.74) is 7.91. The van der Waals surface area contributed by atoms with Crippen LogP contribution in [0.3, 0.4) is 0 Å². The molecule has 0 unspecified atom stereocenters. The summed E-state index contributed by atoms with van der Waals surface area (Å²) in [6.07, 6.45) is 11.4. The Labute approximate surface area is 321 Å². The maximum absolute atomic E-state index is 12.4. The Hall–Kier alpha value is -4.54. The van der Waals surface area contributed by atoms with E-state index in [2.05, 4.69) is 94.2 Å². The van der Waals surface area contributed by atoms with Crippen molar-refractivity contribution in [1.29, 1.82) is 0 Å². The van der Waals surface area contributed by atoms with Gasteiger partial charge in [-0.2, -0.15) is 0 Å². The highest BCUT2D eigenvalue weighted by Gasteiger charge is 2.27. The summed E-state index contributed by atoms with van der Waals surface area (Å²) >= 11 is 6.84. The number of nitrogens with zero attached hydrogens (tertiary/aromatic N) is 4. The molecule has 0 aliphatic heterocycles. The number of aromatic nitrogens is 2. The van der Waals surface area contributed by atoms with Crippen LogP contribution in [0.2, 0.25) is 0 Å². The topological polar surface area (TPSA) is 96.1 Å². The van der Waals surface area contributed by atoms with Crippen LogP contribution in [-0.2, 0) is 12.8 Å². The Morgan fingerprint density at radius 2 is 0.904 bits per heavy atom. The fourth-order valence-electron chi connectivity index (χ4n) is 6.99. The third-order valence-electron chi connectivity index (χ3n) is 9.66. The second kappa shape index (κ2) is 16.9. The van der Waals surface area contributed by atoms with Crippen molar-refractivity contribution in [3.8, 4) is 33.9 Å². The number of benzene rings is 4. The Balaban J connectivity index is 1.59. The molecule has 4 aromatic carbocycles. The van der Waals surface area contributed by atoms with Crippen molar-refractivity contribution < 1.29 is 9.85 Å². The predicted octanol–water partition coefficient (Wildman–Crippen LogP) is 13.3. The first-order valence-electron chi connectivity index (χ1n) is 18.0. The molecule has 0 atom stereocenters. The fourth-order valence-corrected chi connectivity index (χ4v) is 7.68. The maximum atomic E-state index is 12.4. The van der Waals surface area contributed by atoms with Crippen molar-refractivity contribution in [3.63, 3.8) is 0 Å². The van der Waals surface area contributed by atoms with Crippen LogP contribution in [0.4, 0.5) is 11.4 Å². The molecule has 0 saturated heterocycles. The maximum Gasteiger partial charge on any atom is 0.279 e. The molecule has 0 spiro atoms. The van der Waals surface area contributed by atoms with Crippen molar-refractivity contribution in [2.45, 2.75) is 78.1 Å². The van der Waals surface area contributed by atoms with E-state index >= 15 is 0 Å². The van der Waals surface area contributed by atoms with Gasteiger partial charge in [0.25, 0.3) is 11.4 Å². The summed E-state index contributed by atoms with van der Waals surface area (Å²) in [6, 6.07) is 30.9. The number of halogens is 2. The zero-order valence-electron chi connectivity index (χ0n) is 29.5. The van der Waals surface area contributed by atoms with E-state index in [0.29, 0.717) is 31.5 Å². The van der Waals surface area contributed by atoms with Gasteiger partial charge in [-0.25, -0.2) is 0 Å². The van der Waals surface area contributed by atoms with Gasteiger partial charge in [-0.1, -0.05) is 108 Å². The van der Waals surface area contributed by atoms with Gasteiger partial charge in [-0.15, -0.1) is 0 Å². The van der Waals surface area contributed by atoms with Gasteiger partial charge in [-0.3, -0.25) is 20.2 Å². The van der Waals surface area contributed by atoms with Crippen molar-refractivity contribution >= 4 is 54.3 Å². The Kier molecular flexibility index (Phi) is 12.1. The number of aryl methyl sites for hydroxylation is 2. The number of rotatable bonds is 16. The van der Waals surface area contributed by atoms with Gasteiger partial charge in [0.15, 0.2) is 0 Å². The van der Waals surface area contributed by atoms with E-state index in [0.717, 1.165) is 48.1 Å². The summed E-state index contributed by atoms with van der Waals surface area (Å²) in [5.74, 6) is 0. The van der Waals surface area contributed by atoms with Crippen LogP contribution in [0.5, 0.6) is 0 Å². The number of unbranched alkanes of at least 4 members (excludes halogenated alkanes) is 6. The lowest BCUT2D eigenvalue weighted by Gasteiger charge is -2.13. The van der Waals surface area contributed by atoms with Gasteiger partial charge in [0.2, 0.25) is 0 Å². The zero-order chi connectivity index (χ0) is 36.8. The van der Waals surface area contributed by atoms with Crippen LogP contribution < -0.4 is 0 Å². The van der Waals surface area contributed by atoms with Crippen molar-refractivity contribution in [3.05, 3.63) is 137 Å². The summed E-state index contributed by atoms with van der Waals surface area (Å²) in [5, 5.41) is 24.9. The van der Waals surface area contributed by atoms with Crippen molar-refractivity contribution in [1.82, 2.24) is 9.13 Å². The number of fused-ring (bicyclic) bond motifs is 1. The normalized spacial score (nSPS) is 11.4. The molecule has 0 N–H and O–H groups in total. The smallest absolute Gasteiger partial charge is 0.279 e. The van der Waals surface area contributed by atoms with Crippen LogP contribution in [-0.4, -0.2) is 19.0 Å².